The van der Waals surface area contributed by atoms with Crippen molar-refractivity contribution in [1.29, 1.82) is 0 Å². The predicted octanol–water partition coefficient (Wildman–Crippen LogP) is 4.73. The van der Waals surface area contributed by atoms with Crippen molar-refractivity contribution in [3.63, 3.8) is 0 Å². The average Bonchev–Trinajstić information content (AvgIpc) is 3.60. The van der Waals surface area contributed by atoms with Crippen LogP contribution in [0.2, 0.25) is 0 Å². The van der Waals surface area contributed by atoms with E-state index >= 15 is 0 Å². The van der Waals surface area contributed by atoms with Gasteiger partial charge in [-0.25, -0.2) is 9.59 Å². The van der Waals surface area contributed by atoms with E-state index in [0.29, 0.717) is 65.0 Å². The van der Waals surface area contributed by atoms with Crippen molar-refractivity contribution >= 4 is 11.9 Å². The number of methoxy groups -OCH3 is 3. The number of likely N-dealkylation sites (N-methyl/N-ethyl adjacent to an activating group) is 1. The minimum absolute atomic E-state index is 0.0429. The topological polar surface area (TPSA) is 102 Å². The fraction of sp³-hybridized carbons (Fsp3) is 0.355. The molecule has 0 spiro atoms. The number of cyclic esters (lactones) is 1. The summed E-state index contributed by atoms with van der Waals surface area (Å²) in [5.74, 6) is 1.57. The molecule has 0 N–H and O–H groups in total. The number of benzene rings is 3. The van der Waals surface area contributed by atoms with E-state index in [1.807, 2.05) is 25.2 Å². The number of carbonyl (C=O) groups is 2. The lowest BCUT2D eigenvalue weighted by Gasteiger charge is -2.39. The van der Waals surface area contributed by atoms with Crippen LogP contribution in [-0.4, -0.2) is 65.2 Å². The van der Waals surface area contributed by atoms with Crippen molar-refractivity contribution in [3.05, 3.63) is 64.2 Å². The molecule has 0 radical (unpaired) electrons. The molecule has 0 bridgehead atoms. The summed E-state index contributed by atoms with van der Waals surface area (Å²) in [4.78, 5) is 27.7. The van der Waals surface area contributed by atoms with Crippen molar-refractivity contribution in [2.24, 2.45) is 0 Å². The second-order valence-electron chi connectivity index (χ2n) is 9.93. The highest BCUT2D eigenvalue weighted by Crippen LogP contribution is 2.58. The van der Waals surface area contributed by atoms with Crippen LogP contribution in [0, 0.1) is 0 Å². The molecule has 0 saturated carbocycles. The Labute approximate surface area is 237 Å². The number of hydrogen-bond donors (Lipinski definition) is 0. The number of rotatable bonds is 7. The van der Waals surface area contributed by atoms with Crippen molar-refractivity contribution in [3.8, 4) is 39.9 Å². The van der Waals surface area contributed by atoms with Crippen LogP contribution in [0.15, 0.2) is 36.4 Å². The average molecular weight is 562 g/mol. The molecule has 3 aromatic carbocycles. The van der Waals surface area contributed by atoms with E-state index in [4.69, 9.17) is 33.2 Å². The highest BCUT2D eigenvalue weighted by molar-refractivity contribution is 5.98. The molecule has 3 heterocycles. The van der Waals surface area contributed by atoms with E-state index in [9.17, 15) is 9.59 Å². The lowest BCUT2D eigenvalue weighted by atomic mass is 9.81. The minimum atomic E-state index is -0.644. The van der Waals surface area contributed by atoms with E-state index in [1.54, 1.807) is 32.2 Å². The maximum Gasteiger partial charge on any atom is 0.343 e. The zero-order valence-corrected chi connectivity index (χ0v) is 23.6. The van der Waals surface area contributed by atoms with Gasteiger partial charge < -0.3 is 33.2 Å². The van der Waals surface area contributed by atoms with Crippen LogP contribution in [0.25, 0.3) is 11.1 Å². The van der Waals surface area contributed by atoms with E-state index in [0.717, 1.165) is 22.3 Å². The summed E-state index contributed by atoms with van der Waals surface area (Å²) in [6.07, 6.45) is 0.0405. The maximum atomic E-state index is 13.3. The molecule has 10 heteroatoms. The summed E-state index contributed by atoms with van der Waals surface area (Å²) in [6.45, 7) is 2.80. The quantitative estimate of drug-likeness (QED) is 0.377. The number of carbonyl (C=O) groups excluding carboxylic acids is 2. The summed E-state index contributed by atoms with van der Waals surface area (Å²) >= 11 is 0. The van der Waals surface area contributed by atoms with Crippen LogP contribution in [0.5, 0.6) is 28.7 Å². The Morgan fingerprint density at radius 3 is 2.37 bits per heavy atom. The molecule has 3 aromatic rings. The Morgan fingerprint density at radius 1 is 0.951 bits per heavy atom. The summed E-state index contributed by atoms with van der Waals surface area (Å²) in [6, 6.07) is 10.5. The molecule has 10 nitrogen and oxygen atoms in total. The minimum Gasteiger partial charge on any atom is -0.493 e. The Morgan fingerprint density at radius 2 is 1.68 bits per heavy atom. The second-order valence-corrected chi connectivity index (χ2v) is 9.93. The van der Waals surface area contributed by atoms with Crippen molar-refractivity contribution in [2.45, 2.75) is 25.5 Å². The molecule has 0 amide bonds. The molecule has 0 saturated heterocycles. The van der Waals surface area contributed by atoms with Crippen LogP contribution in [0.1, 0.15) is 56.5 Å². The monoisotopic (exact) mass is 561 g/mol. The van der Waals surface area contributed by atoms with Gasteiger partial charge >= 0.3 is 11.9 Å². The zero-order valence-electron chi connectivity index (χ0n) is 23.6. The van der Waals surface area contributed by atoms with E-state index in [2.05, 4.69) is 4.90 Å². The summed E-state index contributed by atoms with van der Waals surface area (Å²) in [5.41, 5.74) is 5.10. The summed E-state index contributed by atoms with van der Waals surface area (Å²) in [7, 11) is 6.63. The van der Waals surface area contributed by atoms with Crippen LogP contribution in [0.4, 0.5) is 0 Å². The van der Waals surface area contributed by atoms with E-state index in [-0.39, 0.29) is 12.8 Å². The number of hydrogen-bond acceptors (Lipinski definition) is 10. The van der Waals surface area contributed by atoms with E-state index < -0.39 is 18.1 Å². The van der Waals surface area contributed by atoms with Gasteiger partial charge in [-0.1, -0.05) is 18.2 Å². The number of nitrogens with zero attached hydrogens (tertiary/aromatic N) is 1. The second kappa shape index (κ2) is 10.5. The van der Waals surface area contributed by atoms with Gasteiger partial charge in [-0.15, -0.1) is 0 Å². The Kier molecular flexibility index (Phi) is 6.86. The number of fused-ring (bicyclic) bond motifs is 3. The first-order valence-electron chi connectivity index (χ1n) is 13.4. The molecule has 3 aliphatic heterocycles. The first kappa shape index (κ1) is 26.8. The number of ether oxygens (including phenoxy) is 7. The molecule has 6 rings (SSSR count). The summed E-state index contributed by atoms with van der Waals surface area (Å²) < 4.78 is 40.2. The fourth-order valence-corrected chi connectivity index (χ4v) is 6.12. The van der Waals surface area contributed by atoms with Gasteiger partial charge in [-0.2, -0.15) is 0 Å². The maximum absolute atomic E-state index is 13.3. The lowest BCUT2D eigenvalue weighted by molar-refractivity contribution is 0.00876. The van der Waals surface area contributed by atoms with Crippen molar-refractivity contribution < 1.29 is 42.7 Å². The molecule has 0 unspecified atom stereocenters. The van der Waals surface area contributed by atoms with Gasteiger partial charge in [0.1, 0.15) is 11.7 Å². The Balaban J connectivity index is 1.54. The normalized spacial score (nSPS) is 18.8. The molecule has 0 fully saturated rings. The largest absolute Gasteiger partial charge is 0.493 e. The van der Waals surface area contributed by atoms with Gasteiger partial charge in [-0.3, -0.25) is 4.90 Å². The first-order chi connectivity index (χ1) is 19.9. The van der Waals surface area contributed by atoms with Crippen molar-refractivity contribution in [2.75, 3.05) is 48.3 Å². The SMILES string of the molecule is CCOC(=O)c1ccc(-c2c3c(c(OC)c4c2OCO4)[C@H]([C@H]2OC(=O)c4c2ccc(OC)c4OC)N(C)CC3)cc1. The van der Waals surface area contributed by atoms with Gasteiger partial charge in [0.2, 0.25) is 12.5 Å². The standard InChI is InChI=1S/C31H31NO9/c1-6-38-30(33)17-9-7-16(8-10-17)21-18-13-14-32(2)24(22(18)27(37-5)29-28(21)39-15-40-29)25-19-11-12-20(35-3)26(36-4)23(19)31(34)41-25/h7-12,24-25H,6,13-15H2,1-5H3/t24-,25+/m1/s1. The molecule has 2 atom stereocenters. The van der Waals surface area contributed by atoms with Gasteiger partial charge in [0, 0.05) is 23.2 Å². The third kappa shape index (κ3) is 4.12. The van der Waals surface area contributed by atoms with Crippen LogP contribution in [-0.2, 0) is 15.9 Å². The van der Waals surface area contributed by atoms with Crippen LogP contribution < -0.4 is 23.7 Å². The molecular formula is C31H31NO9. The predicted molar refractivity (Wildman–Crippen MR) is 147 cm³/mol. The molecule has 214 valence electrons. The fourth-order valence-electron chi connectivity index (χ4n) is 6.12. The third-order valence-corrected chi connectivity index (χ3v) is 7.90. The number of esters is 2. The molecule has 41 heavy (non-hydrogen) atoms. The Hall–Kier alpha value is -4.44. The molecule has 0 aromatic heterocycles. The van der Waals surface area contributed by atoms with E-state index in [1.165, 1.54) is 14.2 Å². The third-order valence-electron chi connectivity index (χ3n) is 7.90. The molecule has 3 aliphatic rings. The highest BCUT2D eigenvalue weighted by atomic mass is 16.7. The lowest BCUT2D eigenvalue weighted by Crippen LogP contribution is -2.36. The van der Waals surface area contributed by atoms with Crippen molar-refractivity contribution in [1.82, 2.24) is 4.90 Å². The zero-order chi connectivity index (χ0) is 28.8. The van der Waals surface area contributed by atoms with Gasteiger partial charge in [0.15, 0.2) is 23.0 Å². The van der Waals surface area contributed by atoms with Crippen LogP contribution >= 0.6 is 0 Å². The van der Waals surface area contributed by atoms with Crippen LogP contribution in [0.3, 0.4) is 0 Å². The van der Waals surface area contributed by atoms with Gasteiger partial charge in [0.25, 0.3) is 0 Å². The molecular weight excluding hydrogens is 530 g/mol. The molecule has 0 aliphatic carbocycles. The Bertz CT molecular complexity index is 1530. The first-order valence-corrected chi connectivity index (χ1v) is 13.4. The smallest absolute Gasteiger partial charge is 0.343 e. The summed E-state index contributed by atoms with van der Waals surface area (Å²) in [5, 5.41) is 0. The van der Waals surface area contributed by atoms with Gasteiger partial charge in [0.05, 0.1) is 39.5 Å². The highest BCUT2D eigenvalue weighted by Gasteiger charge is 2.47. The van der Waals surface area contributed by atoms with Gasteiger partial charge in [-0.05, 0) is 49.7 Å².